The highest BCUT2D eigenvalue weighted by Gasteiger charge is 2.02. The van der Waals surface area contributed by atoms with Crippen LogP contribution < -0.4 is 10.6 Å². The summed E-state index contributed by atoms with van der Waals surface area (Å²) in [4.78, 5) is 0. The van der Waals surface area contributed by atoms with E-state index in [9.17, 15) is 0 Å². The summed E-state index contributed by atoms with van der Waals surface area (Å²) in [5, 5.41) is 10.6. The van der Waals surface area contributed by atoms with Crippen LogP contribution in [0.3, 0.4) is 0 Å². The van der Waals surface area contributed by atoms with E-state index in [4.69, 9.17) is 0 Å². The average molecular weight is 262 g/mol. The molecule has 0 amide bonds. The Labute approximate surface area is 113 Å². The third kappa shape index (κ3) is 3.80. The molecular formula is C15H22N2S. The summed E-state index contributed by atoms with van der Waals surface area (Å²) >= 11 is 1.85. The van der Waals surface area contributed by atoms with Crippen molar-refractivity contribution in [2.45, 2.75) is 26.3 Å². The summed E-state index contributed by atoms with van der Waals surface area (Å²) in [6.07, 6.45) is 1.12. The molecular weight excluding hydrogens is 240 g/mol. The van der Waals surface area contributed by atoms with Crippen LogP contribution in [-0.2, 0) is 6.42 Å². The van der Waals surface area contributed by atoms with Crippen LogP contribution in [0.4, 0.5) is 0 Å². The van der Waals surface area contributed by atoms with E-state index in [2.05, 4.69) is 54.1 Å². The zero-order valence-electron chi connectivity index (χ0n) is 11.2. The quantitative estimate of drug-likeness (QED) is 0.750. The van der Waals surface area contributed by atoms with Gasteiger partial charge in [-0.05, 0) is 35.4 Å². The van der Waals surface area contributed by atoms with E-state index in [0.29, 0.717) is 6.04 Å². The molecule has 3 heteroatoms. The number of rotatable bonds is 7. The lowest BCUT2D eigenvalue weighted by Crippen LogP contribution is -2.32. The molecule has 18 heavy (non-hydrogen) atoms. The Morgan fingerprint density at radius 1 is 1.11 bits per heavy atom. The molecule has 2 N–H and O–H groups in total. The molecule has 1 heterocycles. The molecule has 0 unspecified atom stereocenters. The van der Waals surface area contributed by atoms with Crippen molar-refractivity contribution in [2.24, 2.45) is 0 Å². The smallest absolute Gasteiger partial charge is 0.0345 e. The summed E-state index contributed by atoms with van der Waals surface area (Å²) in [6.45, 7) is 7.50. The Bertz CT molecular complexity index is 476. The van der Waals surface area contributed by atoms with Gasteiger partial charge in [-0.25, -0.2) is 0 Å². The highest BCUT2D eigenvalue weighted by molar-refractivity contribution is 7.17. The predicted octanol–water partition coefficient (Wildman–Crippen LogP) is 3.03. The van der Waals surface area contributed by atoms with E-state index in [-0.39, 0.29) is 0 Å². The maximum Gasteiger partial charge on any atom is 0.0345 e. The molecule has 98 valence electrons. The van der Waals surface area contributed by atoms with Crippen molar-refractivity contribution in [1.82, 2.24) is 10.6 Å². The van der Waals surface area contributed by atoms with Crippen molar-refractivity contribution in [1.29, 1.82) is 0 Å². The van der Waals surface area contributed by atoms with Gasteiger partial charge in [0.25, 0.3) is 0 Å². The van der Waals surface area contributed by atoms with Gasteiger partial charge in [-0.2, -0.15) is 0 Å². The third-order valence-corrected chi connectivity index (χ3v) is 4.00. The number of thiophene rings is 1. The summed E-state index contributed by atoms with van der Waals surface area (Å²) in [6, 6.07) is 9.23. The van der Waals surface area contributed by atoms with E-state index in [1.165, 1.54) is 15.6 Å². The Morgan fingerprint density at radius 2 is 1.94 bits per heavy atom. The van der Waals surface area contributed by atoms with Crippen LogP contribution in [0.5, 0.6) is 0 Å². The summed E-state index contributed by atoms with van der Waals surface area (Å²) in [5.74, 6) is 0. The Morgan fingerprint density at radius 3 is 2.78 bits per heavy atom. The van der Waals surface area contributed by atoms with Gasteiger partial charge in [0, 0.05) is 23.8 Å². The van der Waals surface area contributed by atoms with Crippen LogP contribution >= 0.6 is 11.3 Å². The van der Waals surface area contributed by atoms with Gasteiger partial charge in [-0.3, -0.25) is 0 Å². The second kappa shape index (κ2) is 6.88. The molecule has 0 spiro atoms. The maximum absolute atomic E-state index is 3.49. The van der Waals surface area contributed by atoms with Gasteiger partial charge in [-0.15, -0.1) is 11.3 Å². The summed E-state index contributed by atoms with van der Waals surface area (Å²) in [7, 11) is 0. The number of hydrogen-bond donors (Lipinski definition) is 2. The van der Waals surface area contributed by atoms with Gasteiger partial charge in [0.05, 0.1) is 0 Å². The Kier molecular flexibility index (Phi) is 5.17. The summed E-state index contributed by atoms with van der Waals surface area (Å²) < 4.78 is 1.40. The molecule has 0 radical (unpaired) electrons. The normalized spacial score (nSPS) is 11.5. The minimum absolute atomic E-state index is 0.576. The van der Waals surface area contributed by atoms with Gasteiger partial charge < -0.3 is 10.6 Å². The zero-order valence-corrected chi connectivity index (χ0v) is 12.0. The van der Waals surface area contributed by atoms with E-state index < -0.39 is 0 Å². The molecule has 0 aliphatic rings. The molecule has 0 bridgehead atoms. The molecule has 0 atom stereocenters. The lowest BCUT2D eigenvalue weighted by atomic mass is 10.1. The standard InChI is InChI=1S/C15H22N2S/c1-12(2)17-10-9-16-8-7-13-11-18-15-6-4-3-5-14(13)15/h3-6,11-12,16-17H,7-10H2,1-2H3. The highest BCUT2D eigenvalue weighted by atomic mass is 32.1. The van der Waals surface area contributed by atoms with Crippen LogP contribution in [0, 0.1) is 0 Å². The third-order valence-electron chi connectivity index (χ3n) is 2.99. The molecule has 0 aliphatic carbocycles. The van der Waals surface area contributed by atoms with Crippen LogP contribution in [0.2, 0.25) is 0 Å². The highest BCUT2D eigenvalue weighted by Crippen LogP contribution is 2.25. The number of benzene rings is 1. The number of nitrogens with one attached hydrogen (secondary N) is 2. The first-order valence-electron chi connectivity index (χ1n) is 6.66. The molecule has 1 aromatic carbocycles. The fraction of sp³-hybridized carbons (Fsp3) is 0.467. The number of fused-ring (bicyclic) bond motifs is 1. The number of hydrogen-bond acceptors (Lipinski definition) is 3. The van der Waals surface area contributed by atoms with Gasteiger partial charge in [-0.1, -0.05) is 32.0 Å². The largest absolute Gasteiger partial charge is 0.315 e. The Hall–Kier alpha value is -0.900. The van der Waals surface area contributed by atoms with Gasteiger partial charge >= 0.3 is 0 Å². The fourth-order valence-corrected chi connectivity index (χ4v) is 3.02. The minimum Gasteiger partial charge on any atom is -0.315 e. The topological polar surface area (TPSA) is 24.1 Å². The van der Waals surface area contributed by atoms with Crippen molar-refractivity contribution in [3.8, 4) is 0 Å². The van der Waals surface area contributed by atoms with E-state index in [0.717, 1.165) is 26.1 Å². The summed E-state index contributed by atoms with van der Waals surface area (Å²) in [5.41, 5.74) is 1.47. The van der Waals surface area contributed by atoms with Gasteiger partial charge in [0.2, 0.25) is 0 Å². The SMILES string of the molecule is CC(C)NCCNCCc1csc2ccccc12. The first kappa shape index (κ1) is 13.5. The lowest BCUT2D eigenvalue weighted by molar-refractivity contribution is 0.557. The molecule has 2 rings (SSSR count). The van der Waals surface area contributed by atoms with Crippen molar-refractivity contribution < 1.29 is 0 Å². The van der Waals surface area contributed by atoms with Crippen molar-refractivity contribution in [3.63, 3.8) is 0 Å². The first-order chi connectivity index (χ1) is 8.77. The monoisotopic (exact) mass is 262 g/mol. The van der Waals surface area contributed by atoms with Crippen LogP contribution in [0.1, 0.15) is 19.4 Å². The molecule has 0 fully saturated rings. The Balaban J connectivity index is 1.74. The van der Waals surface area contributed by atoms with Crippen LogP contribution in [0.25, 0.3) is 10.1 Å². The van der Waals surface area contributed by atoms with Gasteiger partial charge in [0.1, 0.15) is 0 Å². The minimum atomic E-state index is 0.576. The lowest BCUT2D eigenvalue weighted by Gasteiger charge is -2.08. The van der Waals surface area contributed by atoms with Crippen molar-refractivity contribution in [2.75, 3.05) is 19.6 Å². The molecule has 0 aliphatic heterocycles. The molecule has 2 nitrogen and oxygen atoms in total. The van der Waals surface area contributed by atoms with Crippen molar-refractivity contribution in [3.05, 3.63) is 35.2 Å². The van der Waals surface area contributed by atoms with E-state index in [1.807, 2.05) is 11.3 Å². The first-order valence-corrected chi connectivity index (χ1v) is 7.54. The maximum atomic E-state index is 3.49. The van der Waals surface area contributed by atoms with Crippen molar-refractivity contribution >= 4 is 21.4 Å². The van der Waals surface area contributed by atoms with E-state index >= 15 is 0 Å². The van der Waals surface area contributed by atoms with Gasteiger partial charge in [0.15, 0.2) is 0 Å². The fourth-order valence-electron chi connectivity index (χ4n) is 2.02. The second-order valence-electron chi connectivity index (χ2n) is 4.87. The molecule has 2 aromatic rings. The van der Waals surface area contributed by atoms with Crippen LogP contribution in [0.15, 0.2) is 29.6 Å². The van der Waals surface area contributed by atoms with E-state index in [1.54, 1.807) is 0 Å². The molecule has 0 saturated heterocycles. The second-order valence-corrected chi connectivity index (χ2v) is 5.78. The van der Waals surface area contributed by atoms with Crippen LogP contribution in [-0.4, -0.2) is 25.7 Å². The zero-order chi connectivity index (χ0) is 12.8. The average Bonchev–Trinajstić information content (AvgIpc) is 2.77. The molecule has 1 aromatic heterocycles. The predicted molar refractivity (Wildman–Crippen MR) is 81.5 cm³/mol. The molecule has 0 saturated carbocycles.